The summed E-state index contributed by atoms with van der Waals surface area (Å²) >= 11 is 0. The quantitative estimate of drug-likeness (QED) is 0.163. The average molecular weight is 569 g/mol. The van der Waals surface area contributed by atoms with Gasteiger partial charge in [0.25, 0.3) is 0 Å². The zero-order valence-electron chi connectivity index (χ0n) is 19.4. The maximum absolute atomic E-state index is 14.3. The molecule has 0 aliphatic carbocycles. The second-order valence-electron chi connectivity index (χ2n) is 8.60. The van der Waals surface area contributed by atoms with Crippen molar-refractivity contribution in [3.63, 3.8) is 0 Å². The number of benzene rings is 2. The molecule has 0 radical (unpaired) electrons. The molecule has 4 aromatic rings. The summed E-state index contributed by atoms with van der Waals surface area (Å²) in [6, 6.07) is 6.43. The number of sulfonamides is 2. The number of primary sulfonamides is 1. The number of H-pyrrole nitrogens is 2. The predicted octanol–water partition coefficient (Wildman–Crippen LogP) is -0.252. The van der Waals surface area contributed by atoms with E-state index in [-0.39, 0.29) is 33.5 Å². The number of nitrogens with zero attached hydrogens (tertiary/aromatic N) is 4. The SMILES string of the molecule is NCC(F)(F)c1nc2c(-c3ccc(S(=O)(=O)NC4CCNC4)c(S(N)(=O)=O)c3-c3nn[nH]n3)cccc2[nH]1. The first-order valence-electron chi connectivity index (χ1n) is 11.2. The van der Waals surface area contributed by atoms with E-state index in [0.29, 0.717) is 19.5 Å². The van der Waals surface area contributed by atoms with Crippen molar-refractivity contribution in [2.24, 2.45) is 10.9 Å². The van der Waals surface area contributed by atoms with E-state index in [9.17, 15) is 25.6 Å². The molecule has 1 saturated heterocycles. The third kappa shape index (κ3) is 4.65. The van der Waals surface area contributed by atoms with Gasteiger partial charge >= 0.3 is 5.92 Å². The van der Waals surface area contributed by atoms with Gasteiger partial charge in [-0.3, -0.25) is 0 Å². The molecule has 1 fully saturated rings. The highest BCUT2D eigenvalue weighted by Crippen LogP contribution is 2.41. The molecule has 3 heterocycles. The Bertz CT molecular complexity index is 1720. The van der Waals surface area contributed by atoms with Gasteiger partial charge in [0.1, 0.15) is 9.79 Å². The maximum atomic E-state index is 14.3. The van der Waals surface area contributed by atoms with Gasteiger partial charge < -0.3 is 16.0 Å². The fourth-order valence-electron chi connectivity index (χ4n) is 4.33. The molecule has 0 amide bonds. The summed E-state index contributed by atoms with van der Waals surface area (Å²) < 4.78 is 83.6. The zero-order valence-corrected chi connectivity index (χ0v) is 21.1. The van der Waals surface area contributed by atoms with Crippen LogP contribution in [0.2, 0.25) is 0 Å². The van der Waals surface area contributed by atoms with Crippen LogP contribution in [0, 0.1) is 0 Å². The van der Waals surface area contributed by atoms with E-state index >= 15 is 0 Å². The molecule has 2 aromatic carbocycles. The average Bonchev–Trinajstić information content (AvgIpc) is 3.64. The summed E-state index contributed by atoms with van der Waals surface area (Å²) in [5.74, 6) is -4.44. The van der Waals surface area contributed by atoms with Gasteiger partial charge in [0, 0.05) is 18.2 Å². The summed E-state index contributed by atoms with van der Waals surface area (Å²) in [6.07, 6.45) is 0.497. The molecule has 5 rings (SSSR count). The Labute approximate surface area is 214 Å². The topological polar surface area (TPSA) is 228 Å². The zero-order chi connectivity index (χ0) is 27.3. The number of aromatic amines is 2. The second-order valence-corrected chi connectivity index (χ2v) is 11.8. The third-order valence-corrected chi connectivity index (χ3v) is 8.74. The molecular weight excluding hydrogens is 546 g/mol. The molecule has 1 aliphatic rings. The number of tetrazole rings is 1. The number of rotatable bonds is 8. The molecule has 202 valence electrons. The molecule has 0 spiro atoms. The van der Waals surface area contributed by atoms with Crippen LogP contribution in [-0.2, 0) is 26.0 Å². The number of imidazole rings is 1. The Kier molecular flexibility index (Phi) is 6.48. The predicted molar refractivity (Wildman–Crippen MR) is 131 cm³/mol. The lowest BCUT2D eigenvalue weighted by atomic mass is 9.98. The number of nitrogens with two attached hydrogens (primary N) is 2. The van der Waals surface area contributed by atoms with Crippen molar-refractivity contribution in [2.45, 2.75) is 28.2 Å². The van der Waals surface area contributed by atoms with Gasteiger partial charge in [-0.25, -0.2) is 31.7 Å². The van der Waals surface area contributed by atoms with Gasteiger partial charge in [0.15, 0.2) is 5.82 Å². The summed E-state index contributed by atoms with van der Waals surface area (Å²) in [7, 11) is -9.14. The monoisotopic (exact) mass is 568 g/mol. The van der Waals surface area contributed by atoms with E-state index in [1.165, 1.54) is 24.3 Å². The van der Waals surface area contributed by atoms with Crippen LogP contribution in [0.4, 0.5) is 8.78 Å². The fraction of sp³-hybridized carbons (Fsp3) is 0.300. The van der Waals surface area contributed by atoms with Gasteiger partial charge in [-0.05, 0) is 35.9 Å². The number of aromatic nitrogens is 6. The first-order chi connectivity index (χ1) is 17.9. The Balaban J connectivity index is 1.81. The van der Waals surface area contributed by atoms with Gasteiger partial charge in [-0.1, -0.05) is 18.2 Å². The molecule has 1 atom stereocenters. The van der Waals surface area contributed by atoms with Crippen LogP contribution in [0.1, 0.15) is 12.2 Å². The minimum atomic E-state index is -4.73. The summed E-state index contributed by atoms with van der Waals surface area (Å²) in [5.41, 5.74) is 5.40. The number of halogens is 2. The van der Waals surface area contributed by atoms with Crippen molar-refractivity contribution in [3.05, 3.63) is 36.2 Å². The summed E-state index contributed by atoms with van der Waals surface area (Å²) in [4.78, 5) is 5.14. The summed E-state index contributed by atoms with van der Waals surface area (Å²) in [6.45, 7) is -0.0559. The van der Waals surface area contributed by atoms with E-state index < -0.39 is 54.2 Å². The molecule has 2 aromatic heterocycles. The molecule has 18 heteroatoms. The van der Waals surface area contributed by atoms with Crippen LogP contribution in [0.5, 0.6) is 0 Å². The first-order valence-corrected chi connectivity index (χ1v) is 14.2. The van der Waals surface area contributed by atoms with Gasteiger partial charge in [0.2, 0.25) is 25.9 Å². The van der Waals surface area contributed by atoms with Crippen LogP contribution in [0.3, 0.4) is 0 Å². The largest absolute Gasteiger partial charge is 0.337 e. The Morgan fingerprint density at radius 1 is 1.13 bits per heavy atom. The molecular formula is C20H22F2N10O4S2. The normalized spacial score (nSPS) is 16.9. The number of alkyl halides is 2. The van der Waals surface area contributed by atoms with Crippen molar-refractivity contribution in [3.8, 4) is 22.5 Å². The van der Waals surface area contributed by atoms with E-state index in [0.717, 1.165) is 6.07 Å². The molecule has 8 N–H and O–H groups in total. The van der Waals surface area contributed by atoms with E-state index in [4.69, 9.17) is 10.9 Å². The van der Waals surface area contributed by atoms with Crippen LogP contribution < -0.4 is 20.9 Å². The standard InChI is InChI=1S/C20H22F2N10O4S2/c21-20(22,9-23)19-26-13-3-1-2-12(16(13)27-19)11-4-5-14(38(35,36)30-10-6-7-25-8-10)17(37(24,33)34)15(11)18-28-31-32-29-18/h1-5,10,25,30H,6-9,23H2,(H,26,27)(H2,24,33,34)(H,28,29,31,32). The Morgan fingerprint density at radius 2 is 1.92 bits per heavy atom. The van der Waals surface area contributed by atoms with Crippen LogP contribution in [0.15, 0.2) is 40.1 Å². The molecule has 38 heavy (non-hydrogen) atoms. The minimum Gasteiger partial charge on any atom is -0.337 e. The number of hydrogen-bond acceptors (Lipinski definition) is 10. The molecule has 1 unspecified atom stereocenters. The molecule has 1 aliphatic heterocycles. The highest BCUT2D eigenvalue weighted by atomic mass is 32.2. The molecule has 14 nitrogen and oxygen atoms in total. The van der Waals surface area contributed by atoms with E-state index in [1.807, 2.05) is 0 Å². The Morgan fingerprint density at radius 3 is 2.55 bits per heavy atom. The van der Waals surface area contributed by atoms with Crippen molar-refractivity contribution < 1.29 is 25.6 Å². The third-order valence-electron chi connectivity index (χ3n) is 6.05. The number of para-hydroxylation sites is 1. The van der Waals surface area contributed by atoms with Crippen LogP contribution in [0.25, 0.3) is 33.5 Å². The number of nitrogens with one attached hydrogen (secondary N) is 4. The Hall–Kier alpha value is -3.42. The highest BCUT2D eigenvalue weighted by molar-refractivity contribution is 7.92. The maximum Gasteiger partial charge on any atom is 0.316 e. The van der Waals surface area contributed by atoms with E-state index in [2.05, 4.69) is 40.6 Å². The minimum absolute atomic E-state index is 0.0477. The number of hydrogen-bond donors (Lipinski definition) is 6. The molecule has 0 saturated carbocycles. The number of fused-ring (bicyclic) bond motifs is 1. The lowest BCUT2D eigenvalue weighted by molar-refractivity contribution is -0.00236. The van der Waals surface area contributed by atoms with Crippen molar-refractivity contribution in [1.29, 1.82) is 0 Å². The molecule has 0 bridgehead atoms. The van der Waals surface area contributed by atoms with Crippen molar-refractivity contribution >= 4 is 31.1 Å². The fourth-order valence-corrected chi connectivity index (χ4v) is 7.20. The van der Waals surface area contributed by atoms with E-state index in [1.54, 1.807) is 0 Å². The van der Waals surface area contributed by atoms with Crippen molar-refractivity contribution in [1.82, 2.24) is 40.6 Å². The highest BCUT2D eigenvalue weighted by Gasteiger charge is 2.36. The van der Waals surface area contributed by atoms with Crippen LogP contribution >= 0.6 is 0 Å². The second kappa shape index (κ2) is 9.40. The van der Waals surface area contributed by atoms with Gasteiger partial charge in [0.05, 0.1) is 23.1 Å². The first kappa shape index (κ1) is 26.2. The smallest absolute Gasteiger partial charge is 0.316 e. The van der Waals surface area contributed by atoms with Gasteiger partial charge in [-0.2, -0.15) is 14.0 Å². The van der Waals surface area contributed by atoms with Crippen LogP contribution in [-0.4, -0.2) is 73.1 Å². The summed E-state index contributed by atoms with van der Waals surface area (Å²) in [5, 5.41) is 21.9. The van der Waals surface area contributed by atoms with Gasteiger partial charge in [-0.15, -0.1) is 10.2 Å². The lowest BCUT2D eigenvalue weighted by Crippen LogP contribution is -2.37. The lowest BCUT2D eigenvalue weighted by Gasteiger charge is -2.18. The van der Waals surface area contributed by atoms with Crippen molar-refractivity contribution in [2.75, 3.05) is 19.6 Å².